The summed E-state index contributed by atoms with van der Waals surface area (Å²) in [5.41, 5.74) is 5.44. The first kappa shape index (κ1) is 18.6. The normalized spacial score (nSPS) is 19.6. The van der Waals surface area contributed by atoms with E-state index in [1.54, 1.807) is 0 Å². The summed E-state index contributed by atoms with van der Waals surface area (Å²) < 4.78 is 0. The molecule has 1 aliphatic rings. The van der Waals surface area contributed by atoms with Crippen LogP contribution in [0.1, 0.15) is 70.6 Å². The van der Waals surface area contributed by atoms with Crippen LogP contribution in [-0.4, -0.2) is 40.4 Å². The molecule has 1 aliphatic heterocycles. The molecule has 0 aromatic rings. The minimum atomic E-state index is -1.01. The fourth-order valence-electron chi connectivity index (χ4n) is 2.68. The summed E-state index contributed by atoms with van der Waals surface area (Å²) in [5.74, 6) is -1.19. The van der Waals surface area contributed by atoms with Crippen molar-refractivity contribution in [2.45, 2.75) is 76.7 Å². The van der Waals surface area contributed by atoms with E-state index in [-0.39, 0.29) is 11.8 Å². The first-order chi connectivity index (χ1) is 10.5. The molecule has 1 atom stereocenters. The third kappa shape index (κ3) is 7.02. The number of rotatable bonds is 6. The molecule has 1 fully saturated rings. The Morgan fingerprint density at radius 2 is 1.50 bits per heavy atom. The number of imide groups is 1. The highest BCUT2D eigenvalue weighted by Gasteiger charge is 2.21. The van der Waals surface area contributed by atoms with Gasteiger partial charge in [-0.3, -0.25) is 19.3 Å². The van der Waals surface area contributed by atoms with Crippen LogP contribution in [0, 0.1) is 0 Å². The zero-order valence-corrected chi connectivity index (χ0v) is 13.3. The predicted octanol–water partition coefficient (Wildman–Crippen LogP) is 2.06. The Kier molecular flexibility index (Phi) is 8.74. The minimum Gasteiger partial charge on any atom is -0.480 e. The molecule has 3 N–H and O–H groups in total. The number of nitrogens with zero attached hydrogens (tertiary/aromatic N) is 1. The highest BCUT2D eigenvalue weighted by atomic mass is 16.4. The number of carboxylic acid groups (broad SMARTS) is 1. The number of unbranched alkanes of at least 4 members (excludes halogenated alkanes) is 1. The van der Waals surface area contributed by atoms with Crippen molar-refractivity contribution >= 4 is 17.8 Å². The van der Waals surface area contributed by atoms with E-state index < -0.39 is 12.0 Å². The van der Waals surface area contributed by atoms with Crippen LogP contribution in [0.4, 0.5) is 0 Å². The average Bonchev–Trinajstić information content (AvgIpc) is 2.51. The molecule has 2 amide bonds. The summed E-state index contributed by atoms with van der Waals surface area (Å²) in [5, 5.41) is 8.72. The van der Waals surface area contributed by atoms with E-state index in [1.807, 2.05) is 0 Å². The molecule has 0 bridgehead atoms. The molecule has 0 unspecified atom stereocenters. The molecular formula is C16H28N2O4. The smallest absolute Gasteiger partial charge is 0.320 e. The molecule has 0 aromatic carbocycles. The number of nitrogens with two attached hydrogens (primary N) is 1. The highest BCUT2D eigenvalue weighted by molar-refractivity contribution is 5.95. The zero-order chi connectivity index (χ0) is 16.4. The van der Waals surface area contributed by atoms with Crippen LogP contribution < -0.4 is 5.73 Å². The molecule has 22 heavy (non-hydrogen) atoms. The predicted molar refractivity (Wildman–Crippen MR) is 83.1 cm³/mol. The van der Waals surface area contributed by atoms with E-state index in [2.05, 4.69) is 0 Å². The van der Waals surface area contributed by atoms with Crippen LogP contribution in [0.2, 0.25) is 0 Å². The number of aliphatic carboxylic acids is 1. The van der Waals surface area contributed by atoms with Crippen LogP contribution in [0.3, 0.4) is 0 Å². The molecule has 0 radical (unpaired) electrons. The molecular weight excluding hydrogens is 284 g/mol. The number of hydrogen-bond donors (Lipinski definition) is 2. The molecule has 6 nitrogen and oxygen atoms in total. The fourth-order valence-corrected chi connectivity index (χ4v) is 2.68. The minimum absolute atomic E-state index is 0.0885. The van der Waals surface area contributed by atoms with Crippen molar-refractivity contribution in [1.82, 2.24) is 4.90 Å². The van der Waals surface area contributed by atoms with E-state index in [1.165, 1.54) is 4.90 Å². The largest absolute Gasteiger partial charge is 0.480 e. The lowest BCUT2D eigenvalue weighted by Gasteiger charge is -2.21. The van der Waals surface area contributed by atoms with Gasteiger partial charge >= 0.3 is 5.97 Å². The van der Waals surface area contributed by atoms with Gasteiger partial charge in [-0.05, 0) is 32.1 Å². The number of carboxylic acids is 1. The summed E-state index contributed by atoms with van der Waals surface area (Å²) >= 11 is 0. The molecule has 6 heteroatoms. The number of carbonyl (C=O) groups excluding carboxylic acids is 2. The summed E-state index contributed by atoms with van der Waals surface area (Å²) in [4.78, 5) is 36.4. The fraction of sp³-hybridized carbons (Fsp3) is 0.812. The van der Waals surface area contributed by atoms with Crippen molar-refractivity contribution in [3.8, 4) is 0 Å². The summed E-state index contributed by atoms with van der Waals surface area (Å²) in [6.07, 6.45) is 8.47. The van der Waals surface area contributed by atoms with Crippen molar-refractivity contribution in [3.63, 3.8) is 0 Å². The Morgan fingerprint density at radius 1 is 1.00 bits per heavy atom. The summed E-state index contributed by atoms with van der Waals surface area (Å²) in [6.45, 7) is 0.379. The molecule has 0 aromatic heterocycles. The maximum atomic E-state index is 12.2. The molecule has 1 saturated heterocycles. The Balaban J connectivity index is 2.44. The first-order valence-electron chi connectivity index (χ1n) is 8.34. The van der Waals surface area contributed by atoms with E-state index in [0.29, 0.717) is 38.6 Å². The molecule has 0 spiro atoms. The van der Waals surface area contributed by atoms with Crippen molar-refractivity contribution < 1.29 is 19.5 Å². The van der Waals surface area contributed by atoms with Crippen molar-refractivity contribution in [2.24, 2.45) is 5.73 Å². The van der Waals surface area contributed by atoms with Gasteiger partial charge in [-0.2, -0.15) is 0 Å². The molecule has 126 valence electrons. The first-order valence-corrected chi connectivity index (χ1v) is 8.34. The van der Waals surface area contributed by atoms with Crippen LogP contribution in [0.25, 0.3) is 0 Å². The lowest BCUT2D eigenvalue weighted by molar-refractivity contribution is -0.145. The second-order valence-electron chi connectivity index (χ2n) is 6.00. The zero-order valence-electron chi connectivity index (χ0n) is 13.3. The van der Waals surface area contributed by atoms with Crippen LogP contribution in [-0.2, 0) is 14.4 Å². The van der Waals surface area contributed by atoms with Crippen LogP contribution in [0.15, 0.2) is 0 Å². The Morgan fingerprint density at radius 3 is 2.00 bits per heavy atom. The van der Waals surface area contributed by atoms with Gasteiger partial charge in [0.25, 0.3) is 0 Å². The molecule has 1 rings (SSSR count). The van der Waals surface area contributed by atoms with E-state index in [9.17, 15) is 14.4 Å². The second kappa shape index (κ2) is 10.3. The Hall–Kier alpha value is -1.43. The Bertz CT molecular complexity index is 362. The lowest BCUT2D eigenvalue weighted by atomic mass is 10.1. The van der Waals surface area contributed by atoms with Gasteiger partial charge in [0, 0.05) is 19.4 Å². The van der Waals surface area contributed by atoms with Gasteiger partial charge < -0.3 is 10.8 Å². The third-order valence-corrected chi connectivity index (χ3v) is 4.10. The van der Waals surface area contributed by atoms with E-state index in [0.717, 1.165) is 38.5 Å². The topological polar surface area (TPSA) is 101 Å². The Labute approximate surface area is 132 Å². The third-order valence-electron chi connectivity index (χ3n) is 4.10. The van der Waals surface area contributed by atoms with Gasteiger partial charge in [-0.25, -0.2) is 0 Å². The monoisotopic (exact) mass is 312 g/mol. The van der Waals surface area contributed by atoms with Gasteiger partial charge in [0.05, 0.1) is 0 Å². The van der Waals surface area contributed by atoms with Crippen molar-refractivity contribution in [3.05, 3.63) is 0 Å². The van der Waals surface area contributed by atoms with Gasteiger partial charge in [-0.15, -0.1) is 0 Å². The van der Waals surface area contributed by atoms with Gasteiger partial charge in [0.15, 0.2) is 0 Å². The van der Waals surface area contributed by atoms with Crippen LogP contribution in [0.5, 0.6) is 0 Å². The molecule has 0 aliphatic carbocycles. The average molecular weight is 312 g/mol. The maximum Gasteiger partial charge on any atom is 0.320 e. The van der Waals surface area contributed by atoms with Gasteiger partial charge in [0.2, 0.25) is 11.8 Å². The summed E-state index contributed by atoms with van der Waals surface area (Å²) in [6, 6.07) is -0.867. The standard InChI is InChI=1S/C16H28N2O4/c17-13(16(21)22)9-7-8-12-18-14(19)10-5-3-1-2-4-6-11-15(18)20/h13H,1-12,17H2,(H,21,22)/t13-/m0/s1. The number of amides is 2. The van der Waals surface area contributed by atoms with E-state index >= 15 is 0 Å². The van der Waals surface area contributed by atoms with Gasteiger partial charge in [0.1, 0.15) is 6.04 Å². The SMILES string of the molecule is N[C@@H](CCCCN1C(=O)CCCCCCCCC1=O)C(=O)O. The van der Waals surface area contributed by atoms with Gasteiger partial charge in [-0.1, -0.05) is 25.7 Å². The van der Waals surface area contributed by atoms with E-state index in [4.69, 9.17) is 10.8 Å². The van der Waals surface area contributed by atoms with Crippen molar-refractivity contribution in [2.75, 3.05) is 6.54 Å². The van der Waals surface area contributed by atoms with Crippen molar-refractivity contribution in [1.29, 1.82) is 0 Å². The lowest BCUT2D eigenvalue weighted by Crippen LogP contribution is -2.37. The molecule has 1 heterocycles. The maximum absolute atomic E-state index is 12.2. The number of hydrogen-bond acceptors (Lipinski definition) is 4. The quantitative estimate of drug-likeness (QED) is 0.577. The summed E-state index contributed by atoms with van der Waals surface area (Å²) in [7, 11) is 0. The molecule has 0 saturated carbocycles. The highest BCUT2D eigenvalue weighted by Crippen LogP contribution is 2.14. The number of carbonyl (C=O) groups is 3. The van der Waals surface area contributed by atoms with Crippen LogP contribution >= 0.6 is 0 Å². The second-order valence-corrected chi connectivity index (χ2v) is 6.00.